The van der Waals surface area contributed by atoms with Gasteiger partial charge in [-0.25, -0.2) is 9.59 Å². The third kappa shape index (κ3) is 9.42. The maximum Gasteiger partial charge on any atom is 0.407 e. The number of rotatable bonds is 9. The zero-order valence-corrected chi connectivity index (χ0v) is 20.1. The lowest BCUT2D eigenvalue weighted by Gasteiger charge is -2.31. The van der Waals surface area contributed by atoms with Crippen LogP contribution in [0.1, 0.15) is 64.9 Å². The molecular formula is C25H38N2O6. The average molecular weight is 463 g/mol. The molecule has 184 valence electrons. The molecule has 0 unspecified atom stereocenters. The highest BCUT2D eigenvalue weighted by Crippen LogP contribution is 2.28. The average Bonchev–Trinajstić information content (AvgIpc) is 2.77. The summed E-state index contributed by atoms with van der Waals surface area (Å²) in [6, 6.07) is 7.42. The maximum atomic E-state index is 13.0. The highest BCUT2D eigenvalue weighted by Gasteiger charge is 2.34. The van der Waals surface area contributed by atoms with E-state index in [1.54, 1.807) is 20.8 Å². The molecule has 0 spiro atoms. The van der Waals surface area contributed by atoms with E-state index in [-0.39, 0.29) is 6.42 Å². The van der Waals surface area contributed by atoms with Crippen molar-refractivity contribution >= 4 is 18.0 Å². The number of carbonyl (C=O) groups is 3. The zero-order valence-electron chi connectivity index (χ0n) is 20.1. The van der Waals surface area contributed by atoms with Gasteiger partial charge in [-0.2, -0.15) is 0 Å². The molecule has 3 atom stereocenters. The predicted molar refractivity (Wildman–Crippen MR) is 124 cm³/mol. The molecule has 0 saturated heterocycles. The molecule has 1 saturated carbocycles. The van der Waals surface area contributed by atoms with Crippen molar-refractivity contribution in [3.63, 3.8) is 0 Å². The summed E-state index contributed by atoms with van der Waals surface area (Å²) >= 11 is 0. The number of aliphatic hydroxyl groups is 1. The first-order valence-corrected chi connectivity index (χ1v) is 11.7. The second-order valence-electron chi connectivity index (χ2n) is 9.71. The number of hydrogen-bond acceptors (Lipinski definition) is 6. The summed E-state index contributed by atoms with van der Waals surface area (Å²) in [5.74, 6) is -1.05. The Bertz CT molecular complexity index is 771. The molecule has 8 heteroatoms. The van der Waals surface area contributed by atoms with Gasteiger partial charge in [0.1, 0.15) is 11.6 Å². The minimum absolute atomic E-state index is 0.221. The number of methoxy groups -OCH3 is 1. The summed E-state index contributed by atoms with van der Waals surface area (Å²) in [6.45, 7) is 5.24. The monoisotopic (exact) mass is 462 g/mol. The van der Waals surface area contributed by atoms with Gasteiger partial charge in [-0.15, -0.1) is 0 Å². The molecule has 1 aliphatic rings. The number of alkyl carbamates (subject to hydrolysis) is 1. The molecule has 2 amide bonds. The van der Waals surface area contributed by atoms with Gasteiger partial charge in [0.05, 0.1) is 13.2 Å². The molecule has 0 bridgehead atoms. The largest absolute Gasteiger partial charge is 0.467 e. The number of esters is 1. The molecule has 1 aromatic rings. The Hall–Kier alpha value is -2.61. The lowest BCUT2D eigenvalue weighted by molar-refractivity contribution is -0.146. The van der Waals surface area contributed by atoms with E-state index in [1.807, 2.05) is 30.3 Å². The van der Waals surface area contributed by atoms with Gasteiger partial charge in [0, 0.05) is 6.42 Å². The van der Waals surface area contributed by atoms with Crippen molar-refractivity contribution in [2.24, 2.45) is 5.92 Å². The normalized spacial score (nSPS) is 17.4. The van der Waals surface area contributed by atoms with Crippen molar-refractivity contribution in [3.8, 4) is 0 Å². The van der Waals surface area contributed by atoms with E-state index in [1.165, 1.54) is 13.5 Å². The van der Waals surface area contributed by atoms with Crippen molar-refractivity contribution < 1.29 is 29.0 Å². The fraction of sp³-hybridized carbons (Fsp3) is 0.640. The molecule has 0 heterocycles. The van der Waals surface area contributed by atoms with Gasteiger partial charge in [-0.05, 0) is 38.7 Å². The van der Waals surface area contributed by atoms with Gasteiger partial charge < -0.3 is 25.2 Å². The Labute approximate surface area is 196 Å². The van der Waals surface area contributed by atoms with E-state index in [2.05, 4.69) is 10.6 Å². The smallest absolute Gasteiger partial charge is 0.407 e. The zero-order chi connectivity index (χ0) is 24.4. The van der Waals surface area contributed by atoms with Crippen molar-refractivity contribution in [1.82, 2.24) is 10.6 Å². The SMILES string of the molecule is COC(=O)[C@H](Cc1ccccc1)NC(=O)[C@H](O)[C@H](CC1CCCCC1)NC(=O)OC(C)(C)C. The molecule has 0 aromatic heterocycles. The number of hydrogen-bond donors (Lipinski definition) is 3. The molecule has 0 radical (unpaired) electrons. The van der Waals surface area contributed by atoms with Crippen molar-refractivity contribution in [2.75, 3.05) is 7.11 Å². The van der Waals surface area contributed by atoms with Crippen LogP contribution in [0.4, 0.5) is 4.79 Å². The Morgan fingerprint density at radius 1 is 1.06 bits per heavy atom. The van der Waals surface area contributed by atoms with Crippen LogP contribution in [-0.4, -0.2) is 54.0 Å². The van der Waals surface area contributed by atoms with Crippen LogP contribution in [0.5, 0.6) is 0 Å². The third-order valence-electron chi connectivity index (χ3n) is 5.75. The second-order valence-corrected chi connectivity index (χ2v) is 9.71. The van der Waals surface area contributed by atoms with Crippen LogP contribution in [0, 0.1) is 5.92 Å². The van der Waals surface area contributed by atoms with E-state index in [0.29, 0.717) is 12.3 Å². The van der Waals surface area contributed by atoms with Gasteiger partial charge in [0.15, 0.2) is 6.10 Å². The molecular weight excluding hydrogens is 424 g/mol. The van der Waals surface area contributed by atoms with Crippen molar-refractivity contribution in [3.05, 3.63) is 35.9 Å². The van der Waals surface area contributed by atoms with Gasteiger partial charge >= 0.3 is 12.1 Å². The topological polar surface area (TPSA) is 114 Å². The lowest BCUT2D eigenvalue weighted by Crippen LogP contribution is -2.55. The van der Waals surface area contributed by atoms with Gasteiger partial charge in [-0.3, -0.25) is 4.79 Å². The number of nitrogens with one attached hydrogen (secondary N) is 2. The van der Waals surface area contributed by atoms with E-state index in [4.69, 9.17) is 9.47 Å². The van der Waals surface area contributed by atoms with Crippen LogP contribution in [0.3, 0.4) is 0 Å². The van der Waals surface area contributed by atoms with E-state index in [9.17, 15) is 19.5 Å². The Morgan fingerprint density at radius 2 is 1.70 bits per heavy atom. The highest BCUT2D eigenvalue weighted by molar-refractivity contribution is 5.87. The third-order valence-corrected chi connectivity index (χ3v) is 5.75. The Kier molecular flexibility index (Phi) is 10.2. The highest BCUT2D eigenvalue weighted by atomic mass is 16.6. The van der Waals surface area contributed by atoms with E-state index >= 15 is 0 Å². The molecule has 3 N–H and O–H groups in total. The first-order chi connectivity index (χ1) is 15.6. The van der Waals surface area contributed by atoms with E-state index in [0.717, 1.165) is 31.2 Å². The minimum atomic E-state index is -1.54. The first kappa shape index (κ1) is 26.6. The number of aliphatic hydroxyl groups excluding tert-OH is 1. The Morgan fingerprint density at radius 3 is 2.27 bits per heavy atom. The Balaban J connectivity index is 2.11. The van der Waals surface area contributed by atoms with Crippen molar-refractivity contribution in [2.45, 2.75) is 89.5 Å². The van der Waals surface area contributed by atoms with Crippen LogP contribution >= 0.6 is 0 Å². The predicted octanol–water partition coefficient (Wildman–Crippen LogP) is 3.11. The lowest BCUT2D eigenvalue weighted by atomic mass is 9.83. The number of ether oxygens (including phenoxy) is 2. The molecule has 1 fully saturated rings. The van der Waals surface area contributed by atoms with Gasteiger partial charge in [0.2, 0.25) is 0 Å². The van der Waals surface area contributed by atoms with Crippen LogP contribution in [-0.2, 0) is 25.5 Å². The van der Waals surface area contributed by atoms with Gasteiger partial charge in [0.25, 0.3) is 5.91 Å². The van der Waals surface area contributed by atoms with E-state index < -0.39 is 41.8 Å². The maximum absolute atomic E-state index is 13.0. The summed E-state index contributed by atoms with van der Waals surface area (Å²) in [7, 11) is 1.25. The summed E-state index contributed by atoms with van der Waals surface area (Å²) in [6.07, 6.45) is 3.77. The summed E-state index contributed by atoms with van der Waals surface area (Å²) in [5, 5.41) is 16.2. The minimum Gasteiger partial charge on any atom is -0.467 e. The summed E-state index contributed by atoms with van der Waals surface area (Å²) < 4.78 is 10.2. The van der Waals surface area contributed by atoms with Crippen LogP contribution in [0.15, 0.2) is 30.3 Å². The molecule has 1 aliphatic carbocycles. The second kappa shape index (κ2) is 12.6. The van der Waals surface area contributed by atoms with Crippen LogP contribution < -0.4 is 10.6 Å². The van der Waals surface area contributed by atoms with Gasteiger partial charge in [-0.1, -0.05) is 62.4 Å². The van der Waals surface area contributed by atoms with Crippen molar-refractivity contribution in [1.29, 1.82) is 0 Å². The number of amides is 2. The molecule has 8 nitrogen and oxygen atoms in total. The van der Waals surface area contributed by atoms with Crippen LogP contribution in [0.2, 0.25) is 0 Å². The standard InChI is InChI=1S/C25H38N2O6/c1-25(2,3)33-24(31)27-19(15-17-11-7-5-8-12-17)21(28)22(29)26-20(23(30)32-4)16-18-13-9-6-10-14-18/h6,9-10,13-14,17,19-21,28H,5,7-8,11-12,15-16H2,1-4H3,(H,26,29)(H,27,31)/t19-,20-,21+/m0/s1. The molecule has 33 heavy (non-hydrogen) atoms. The molecule has 2 rings (SSSR count). The number of carbonyl (C=O) groups excluding carboxylic acids is 3. The summed E-state index contributed by atoms with van der Waals surface area (Å²) in [5.41, 5.74) is 0.131. The summed E-state index contributed by atoms with van der Waals surface area (Å²) in [4.78, 5) is 37.6. The number of benzene rings is 1. The quantitative estimate of drug-likeness (QED) is 0.486. The molecule has 1 aromatic carbocycles. The molecule has 0 aliphatic heterocycles. The van der Waals surface area contributed by atoms with Crippen LogP contribution in [0.25, 0.3) is 0 Å². The first-order valence-electron chi connectivity index (χ1n) is 11.7. The fourth-order valence-electron chi connectivity index (χ4n) is 4.13. The fourth-order valence-corrected chi connectivity index (χ4v) is 4.13.